The minimum absolute atomic E-state index is 0.581. The first kappa shape index (κ1) is 15.1. The molecule has 0 bridgehead atoms. The topological polar surface area (TPSA) is 29.9 Å². The number of halogens is 3. The van der Waals surface area contributed by atoms with E-state index in [0.29, 0.717) is 10.0 Å². The van der Waals surface area contributed by atoms with Gasteiger partial charge in [0.15, 0.2) is 0 Å². The Morgan fingerprint density at radius 2 is 2.00 bits per heavy atom. The Balaban J connectivity index is 1.91. The lowest BCUT2D eigenvalue weighted by atomic mass is 10.1. The molecule has 0 saturated heterocycles. The van der Waals surface area contributed by atoms with Crippen LogP contribution in [0.2, 0.25) is 10.0 Å². The third kappa shape index (κ3) is 2.65. The van der Waals surface area contributed by atoms with Gasteiger partial charge in [-0.1, -0.05) is 51.3 Å². The second-order valence-electron chi connectivity index (χ2n) is 5.37. The van der Waals surface area contributed by atoms with Gasteiger partial charge in [0.1, 0.15) is 5.82 Å². The fourth-order valence-corrected chi connectivity index (χ4v) is 3.76. The number of nitrogens with zero attached hydrogens (tertiary/aromatic N) is 2. The summed E-state index contributed by atoms with van der Waals surface area (Å²) in [5.74, 6) is 1.00. The Bertz CT molecular complexity index is 905. The first-order valence-corrected chi connectivity index (χ1v) is 8.75. The Hall–Kier alpha value is -1.49. The van der Waals surface area contributed by atoms with E-state index in [4.69, 9.17) is 28.3 Å². The van der Waals surface area contributed by atoms with E-state index < -0.39 is 0 Å². The molecule has 3 nitrogen and oxygen atoms in total. The van der Waals surface area contributed by atoms with Crippen molar-refractivity contribution < 1.29 is 0 Å². The summed E-state index contributed by atoms with van der Waals surface area (Å²) in [6, 6.07) is 13.6. The maximum absolute atomic E-state index is 6.37. The lowest BCUT2D eigenvalue weighted by Gasteiger charge is -2.08. The smallest absolute Gasteiger partial charge is 0.133 e. The molecule has 2 heterocycles. The molecule has 1 aromatic heterocycles. The normalized spacial score (nSPS) is 13.0. The molecule has 1 N–H and O–H groups in total. The molecule has 1 aliphatic rings. The van der Waals surface area contributed by atoms with Crippen molar-refractivity contribution in [2.45, 2.75) is 6.42 Å². The summed E-state index contributed by atoms with van der Waals surface area (Å²) in [5.41, 5.74) is 4.11. The standard InChI is InChI=1S/C17H12BrCl2N3/c18-11-3-1-2-10(8-11)16-13-6-7-21-17(13)23(22-16)15-5-4-12(19)9-14(15)20/h1-5,8-9,21H,6-7H2. The van der Waals surface area contributed by atoms with Gasteiger partial charge >= 0.3 is 0 Å². The number of fused-ring (bicyclic) bond motifs is 1. The largest absolute Gasteiger partial charge is 0.369 e. The Labute approximate surface area is 152 Å². The van der Waals surface area contributed by atoms with Gasteiger partial charge in [0.05, 0.1) is 16.4 Å². The van der Waals surface area contributed by atoms with Crippen molar-refractivity contribution >= 4 is 44.9 Å². The van der Waals surface area contributed by atoms with Crippen LogP contribution >= 0.6 is 39.1 Å². The highest BCUT2D eigenvalue weighted by atomic mass is 79.9. The average Bonchev–Trinajstić information content (AvgIpc) is 3.10. The first-order valence-electron chi connectivity index (χ1n) is 7.20. The molecule has 0 unspecified atom stereocenters. The number of hydrogen-bond donors (Lipinski definition) is 1. The zero-order valence-corrected chi connectivity index (χ0v) is 15.1. The Morgan fingerprint density at radius 1 is 1.13 bits per heavy atom. The van der Waals surface area contributed by atoms with Crippen molar-refractivity contribution in [2.75, 3.05) is 11.9 Å². The van der Waals surface area contributed by atoms with E-state index in [1.807, 2.05) is 28.9 Å². The lowest BCUT2D eigenvalue weighted by Crippen LogP contribution is -2.04. The highest BCUT2D eigenvalue weighted by molar-refractivity contribution is 9.10. The SMILES string of the molecule is Clc1ccc(-n2nc(-c3cccc(Br)c3)c3c2NCC3)c(Cl)c1. The van der Waals surface area contributed by atoms with E-state index >= 15 is 0 Å². The molecule has 6 heteroatoms. The van der Waals surface area contributed by atoms with Gasteiger partial charge in [-0.05, 0) is 36.8 Å². The van der Waals surface area contributed by atoms with Gasteiger partial charge in [-0.2, -0.15) is 5.10 Å². The first-order chi connectivity index (χ1) is 11.1. The molecule has 116 valence electrons. The third-order valence-electron chi connectivity index (χ3n) is 3.89. The summed E-state index contributed by atoms with van der Waals surface area (Å²) in [4.78, 5) is 0. The van der Waals surface area contributed by atoms with Crippen LogP contribution in [0.1, 0.15) is 5.56 Å². The van der Waals surface area contributed by atoms with E-state index in [9.17, 15) is 0 Å². The van der Waals surface area contributed by atoms with E-state index in [0.717, 1.165) is 40.2 Å². The van der Waals surface area contributed by atoms with E-state index in [2.05, 4.69) is 33.4 Å². The minimum atomic E-state index is 0.581. The second kappa shape index (κ2) is 5.86. The maximum atomic E-state index is 6.37. The zero-order valence-electron chi connectivity index (χ0n) is 12.0. The Morgan fingerprint density at radius 3 is 2.78 bits per heavy atom. The van der Waals surface area contributed by atoms with Crippen LogP contribution in [0, 0.1) is 0 Å². The van der Waals surface area contributed by atoms with Gasteiger partial charge < -0.3 is 5.32 Å². The summed E-state index contributed by atoms with van der Waals surface area (Å²) in [6.07, 6.45) is 0.947. The average molecular weight is 409 g/mol. The molecule has 0 spiro atoms. The van der Waals surface area contributed by atoms with Crippen molar-refractivity contribution in [1.29, 1.82) is 0 Å². The van der Waals surface area contributed by atoms with Crippen LogP contribution in [-0.4, -0.2) is 16.3 Å². The number of benzene rings is 2. The van der Waals surface area contributed by atoms with Crippen LogP contribution in [0.4, 0.5) is 5.82 Å². The molecular weight excluding hydrogens is 397 g/mol. The van der Waals surface area contributed by atoms with Crippen LogP contribution < -0.4 is 5.32 Å². The van der Waals surface area contributed by atoms with E-state index in [1.54, 1.807) is 6.07 Å². The minimum Gasteiger partial charge on any atom is -0.369 e. The lowest BCUT2D eigenvalue weighted by molar-refractivity contribution is 0.882. The number of aromatic nitrogens is 2. The summed E-state index contributed by atoms with van der Waals surface area (Å²) >= 11 is 15.9. The summed E-state index contributed by atoms with van der Waals surface area (Å²) in [7, 11) is 0. The van der Waals surface area contributed by atoms with Gasteiger partial charge in [0.25, 0.3) is 0 Å². The highest BCUT2D eigenvalue weighted by Crippen LogP contribution is 2.37. The Kier molecular flexibility index (Phi) is 3.84. The van der Waals surface area contributed by atoms with Crippen molar-refractivity contribution in [2.24, 2.45) is 0 Å². The molecule has 0 radical (unpaired) electrons. The van der Waals surface area contributed by atoms with Crippen LogP contribution in [0.5, 0.6) is 0 Å². The monoisotopic (exact) mass is 407 g/mol. The molecule has 0 atom stereocenters. The zero-order chi connectivity index (χ0) is 16.0. The number of anilines is 1. The van der Waals surface area contributed by atoms with Crippen molar-refractivity contribution in [3.05, 3.63) is 62.5 Å². The summed E-state index contributed by atoms with van der Waals surface area (Å²) in [6.45, 7) is 0.902. The molecule has 23 heavy (non-hydrogen) atoms. The fourth-order valence-electron chi connectivity index (χ4n) is 2.87. The van der Waals surface area contributed by atoms with Gasteiger partial charge in [0, 0.05) is 27.2 Å². The molecule has 3 aromatic rings. The van der Waals surface area contributed by atoms with Crippen molar-refractivity contribution in [3.8, 4) is 16.9 Å². The molecule has 0 amide bonds. The van der Waals surface area contributed by atoms with Crippen LogP contribution in [0.15, 0.2) is 46.9 Å². The molecule has 0 aliphatic carbocycles. The predicted octanol–water partition coefficient (Wildman–Crippen LogP) is 5.58. The fraction of sp³-hybridized carbons (Fsp3) is 0.118. The van der Waals surface area contributed by atoms with Gasteiger partial charge in [-0.25, -0.2) is 4.68 Å². The molecular formula is C17H12BrCl2N3. The van der Waals surface area contributed by atoms with E-state index in [1.165, 1.54) is 5.56 Å². The van der Waals surface area contributed by atoms with Crippen molar-refractivity contribution in [3.63, 3.8) is 0 Å². The van der Waals surface area contributed by atoms with Gasteiger partial charge in [0.2, 0.25) is 0 Å². The second-order valence-corrected chi connectivity index (χ2v) is 7.13. The van der Waals surface area contributed by atoms with Crippen LogP contribution in [0.25, 0.3) is 16.9 Å². The quantitative estimate of drug-likeness (QED) is 0.600. The summed E-state index contributed by atoms with van der Waals surface area (Å²) < 4.78 is 2.91. The number of nitrogens with one attached hydrogen (secondary N) is 1. The third-order valence-corrected chi connectivity index (χ3v) is 4.92. The highest BCUT2D eigenvalue weighted by Gasteiger charge is 2.24. The molecule has 0 saturated carbocycles. The molecule has 1 aliphatic heterocycles. The van der Waals surface area contributed by atoms with Gasteiger partial charge in [-0.3, -0.25) is 0 Å². The number of hydrogen-bond acceptors (Lipinski definition) is 2. The summed E-state index contributed by atoms with van der Waals surface area (Å²) in [5, 5.41) is 9.42. The van der Waals surface area contributed by atoms with Crippen LogP contribution in [-0.2, 0) is 6.42 Å². The maximum Gasteiger partial charge on any atom is 0.133 e. The predicted molar refractivity (Wildman–Crippen MR) is 98.9 cm³/mol. The van der Waals surface area contributed by atoms with Crippen LogP contribution in [0.3, 0.4) is 0 Å². The molecule has 4 rings (SSSR count). The number of rotatable bonds is 2. The van der Waals surface area contributed by atoms with Gasteiger partial charge in [-0.15, -0.1) is 0 Å². The van der Waals surface area contributed by atoms with Crippen molar-refractivity contribution in [1.82, 2.24) is 9.78 Å². The molecule has 0 fully saturated rings. The van der Waals surface area contributed by atoms with E-state index in [-0.39, 0.29) is 0 Å². The molecule has 2 aromatic carbocycles.